The Bertz CT molecular complexity index is 768. The predicted octanol–water partition coefficient (Wildman–Crippen LogP) is 2.22. The minimum absolute atomic E-state index is 0.000662. The molecule has 2 aromatic rings. The number of nitrogens with zero attached hydrogens (tertiary/aromatic N) is 5. The van der Waals surface area contributed by atoms with Crippen molar-refractivity contribution in [2.24, 2.45) is 0 Å². The van der Waals surface area contributed by atoms with Crippen LogP contribution in [0.1, 0.15) is 6.42 Å². The molecule has 132 valence electrons. The molecule has 0 unspecified atom stereocenters. The molecule has 0 radical (unpaired) electrons. The summed E-state index contributed by atoms with van der Waals surface area (Å²) in [6, 6.07) is 4.95. The van der Waals surface area contributed by atoms with Gasteiger partial charge in [-0.3, -0.25) is 0 Å². The standard InChI is InChI=1S/C17H20FN5OS/c1-22(2)14-6-15(21-11-20-14)23-9-17(10-23)7-12(8-25-17)24-16-13(18)4-3-5-19-16/h3-6,11-12H,7-10H2,1-2H3/t12-/m0/s1. The van der Waals surface area contributed by atoms with Crippen molar-refractivity contribution in [3.63, 3.8) is 0 Å². The monoisotopic (exact) mass is 361 g/mol. The second-order valence-electron chi connectivity index (χ2n) is 6.71. The first kappa shape index (κ1) is 16.4. The van der Waals surface area contributed by atoms with Crippen molar-refractivity contribution >= 4 is 23.4 Å². The van der Waals surface area contributed by atoms with E-state index in [0.717, 1.165) is 36.9 Å². The molecule has 0 amide bonds. The van der Waals surface area contributed by atoms with Gasteiger partial charge in [-0.25, -0.2) is 19.3 Å². The summed E-state index contributed by atoms with van der Waals surface area (Å²) in [5.74, 6) is 2.41. The molecule has 4 heterocycles. The molecule has 0 bridgehead atoms. The van der Waals surface area contributed by atoms with Gasteiger partial charge in [-0.1, -0.05) is 0 Å². The normalized spacial score (nSPS) is 21.2. The van der Waals surface area contributed by atoms with Gasteiger partial charge in [0.25, 0.3) is 5.88 Å². The lowest BCUT2D eigenvalue weighted by atomic mass is 9.93. The minimum Gasteiger partial charge on any atom is -0.471 e. The Morgan fingerprint density at radius 2 is 2.16 bits per heavy atom. The van der Waals surface area contributed by atoms with E-state index >= 15 is 0 Å². The molecule has 2 aliphatic rings. The fraction of sp³-hybridized carbons (Fsp3) is 0.471. The van der Waals surface area contributed by atoms with E-state index < -0.39 is 5.82 Å². The maximum atomic E-state index is 13.7. The zero-order valence-corrected chi connectivity index (χ0v) is 15.0. The molecule has 6 nitrogen and oxygen atoms in total. The summed E-state index contributed by atoms with van der Waals surface area (Å²) in [6.07, 6.45) is 4.06. The first-order valence-electron chi connectivity index (χ1n) is 8.20. The Labute approximate surface area is 150 Å². The van der Waals surface area contributed by atoms with Gasteiger partial charge < -0.3 is 14.5 Å². The summed E-state index contributed by atoms with van der Waals surface area (Å²) >= 11 is 1.90. The van der Waals surface area contributed by atoms with Crippen molar-refractivity contribution < 1.29 is 9.13 Å². The van der Waals surface area contributed by atoms with Crippen molar-refractivity contribution in [3.05, 3.63) is 36.5 Å². The van der Waals surface area contributed by atoms with E-state index in [4.69, 9.17) is 4.74 Å². The van der Waals surface area contributed by atoms with Crippen molar-refractivity contribution in [3.8, 4) is 5.88 Å². The maximum absolute atomic E-state index is 13.7. The quantitative estimate of drug-likeness (QED) is 0.828. The third-order valence-electron chi connectivity index (χ3n) is 4.56. The van der Waals surface area contributed by atoms with E-state index in [9.17, 15) is 4.39 Å². The molecule has 2 aromatic heterocycles. The van der Waals surface area contributed by atoms with Gasteiger partial charge in [0.05, 0.1) is 4.75 Å². The molecule has 1 spiro atoms. The molecular weight excluding hydrogens is 341 g/mol. The largest absolute Gasteiger partial charge is 0.471 e. The van der Waals surface area contributed by atoms with E-state index in [2.05, 4.69) is 19.9 Å². The molecule has 0 saturated carbocycles. The fourth-order valence-corrected chi connectivity index (χ4v) is 4.80. The number of hydrogen-bond acceptors (Lipinski definition) is 7. The highest BCUT2D eigenvalue weighted by atomic mass is 32.2. The first-order chi connectivity index (χ1) is 12.0. The van der Waals surface area contributed by atoms with Crippen LogP contribution in [0.2, 0.25) is 0 Å². The first-order valence-corrected chi connectivity index (χ1v) is 9.19. The van der Waals surface area contributed by atoms with Crippen LogP contribution in [0.15, 0.2) is 30.7 Å². The Kier molecular flexibility index (Phi) is 4.15. The van der Waals surface area contributed by atoms with Crippen LogP contribution in [-0.2, 0) is 0 Å². The molecule has 4 rings (SSSR count). The lowest BCUT2D eigenvalue weighted by Gasteiger charge is -2.48. The van der Waals surface area contributed by atoms with E-state index in [1.807, 2.05) is 36.8 Å². The van der Waals surface area contributed by atoms with Gasteiger partial charge in [-0.05, 0) is 12.1 Å². The van der Waals surface area contributed by atoms with Crippen molar-refractivity contribution in [1.29, 1.82) is 0 Å². The van der Waals surface area contributed by atoms with Crippen molar-refractivity contribution in [2.75, 3.05) is 42.7 Å². The highest BCUT2D eigenvalue weighted by Crippen LogP contribution is 2.47. The minimum atomic E-state index is -0.402. The topological polar surface area (TPSA) is 54.4 Å². The number of pyridine rings is 1. The van der Waals surface area contributed by atoms with E-state index in [1.165, 1.54) is 6.07 Å². The van der Waals surface area contributed by atoms with Crippen molar-refractivity contribution in [1.82, 2.24) is 15.0 Å². The van der Waals surface area contributed by atoms with E-state index in [1.54, 1.807) is 18.6 Å². The Hall–Kier alpha value is -2.09. The Morgan fingerprint density at radius 1 is 1.32 bits per heavy atom. The van der Waals surface area contributed by atoms with Crippen LogP contribution in [0.3, 0.4) is 0 Å². The van der Waals surface area contributed by atoms with Gasteiger partial charge in [-0.15, -0.1) is 11.8 Å². The highest BCUT2D eigenvalue weighted by molar-refractivity contribution is 8.01. The molecule has 0 N–H and O–H groups in total. The summed E-state index contributed by atoms with van der Waals surface area (Å²) in [6.45, 7) is 1.85. The molecule has 0 aromatic carbocycles. The Balaban J connectivity index is 1.37. The lowest BCUT2D eigenvalue weighted by molar-refractivity contribution is 0.185. The van der Waals surface area contributed by atoms with Crippen LogP contribution in [-0.4, -0.2) is 58.7 Å². The molecule has 25 heavy (non-hydrogen) atoms. The number of anilines is 2. The summed E-state index contributed by atoms with van der Waals surface area (Å²) < 4.78 is 19.6. The number of rotatable bonds is 4. The zero-order chi connectivity index (χ0) is 17.4. The SMILES string of the molecule is CN(C)c1cc(N2CC3(C[C@H](Oc4ncccc4F)CS3)C2)ncn1. The highest BCUT2D eigenvalue weighted by Gasteiger charge is 2.50. The van der Waals surface area contributed by atoms with Gasteiger partial charge in [-0.2, -0.15) is 0 Å². The zero-order valence-electron chi connectivity index (χ0n) is 14.2. The second-order valence-corrected chi connectivity index (χ2v) is 8.20. The maximum Gasteiger partial charge on any atom is 0.250 e. The summed E-state index contributed by atoms with van der Waals surface area (Å²) in [4.78, 5) is 16.8. The summed E-state index contributed by atoms with van der Waals surface area (Å²) in [7, 11) is 3.93. The average Bonchev–Trinajstić information content (AvgIpc) is 3.00. The molecule has 2 fully saturated rings. The van der Waals surface area contributed by atoms with Crippen molar-refractivity contribution in [2.45, 2.75) is 17.3 Å². The molecule has 8 heteroatoms. The predicted molar refractivity (Wildman–Crippen MR) is 97.0 cm³/mol. The molecule has 0 aliphatic carbocycles. The van der Waals surface area contributed by atoms with Gasteiger partial charge in [0.15, 0.2) is 5.82 Å². The molecular formula is C17H20FN5OS. The van der Waals surface area contributed by atoms with Crippen LogP contribution in [0.4, 0.5) is 16.0 Å². The fourth-order valence-electron chi connectivity index (χ4n) is 3.28. The van der Waals surface area contributed by atoms with Crippen LogP contribution in [0.25, 0.3) is 0 Å². The van der Waals surface area contributed by atoms with Crippen LogP contribution >= 0.6 is 11.8 Å². The van der Waals surface area contributed by atoms with Crippen LogP contribution in [0, 0.1) is 5.82 Å². The number of aromatic nitrogens is 3. The Morgan fingerprint density at radius 3 is 2.92 bits per heavy atom. The van der Waals surface area contributed by atoms with E-state index in [-0.39, 0.29) is 16.7 Å². The van der Waals surface area contributed by atoms with Gasteiger partial charge in [0, 0.05) is 51.6 Å². The summed E-state index contributed by atoms with van der Waals surface area (Å²) in [5, 5.41) is 0. The third kappa shape index (κ3) is 3.22. The van der Waals surface area contributed by atoms with Gasteiger partial charge in [0.1, 0.15) is 24.1 Å². The van der Waals surface area contributed by atoms with Gasteiger partial charge in [0.2, 0.25) is 0 Å². The summed E-state index contributed by atoms with van der Waals surface area (Å²) in [5.41, 5.74) is 0. The van der Waals surface area contributed by atoms with E-state index in [0.29, 0.717) is 0 Å². The van der Waals surface area contributed by atoms with Gasteiger partial charge >= 0.3 is 0 Å². The molecule has 2 aliphatic heterocycles. The smallest absolute Gasteiger partial charge is 0.250 e. The van der Waals surface area contributed by atoms with Crippen LogP contribution < -0.4 is 14.5 Å². The van der Waals surface area contributed by atoms with Crippen LogP contribution in [0.5, 0.6) is 5.88 Å². The third-order valence-corrected chi connectivity index (χ3v) is 6.13. The lowest BCUT2D eigenvalue weighted by Crippen LogP contribution is -2.59. The number of ether oxygens (including phenoxy) is 1. The number of hydrogen-bond donors (Lipinski definition) is 0. The number of halogens is 1. The average molecular weight is 361 g/mol. The molecule has 2 saturated heterocycles. The molecule has 1 atom stereocenters. The number of thioether (sulfide) groups is 1. The second kappa shape index (κ2) is 6.33.